The zero-order valence-corrected chi connectivity index (χ0v) is 43.1. The largest absolute Gasteiger partial charge is 0.309 e. The molecule has 0 saturated carbocycles. The predicted octanol–water partition coefficient (Wildman–Crippen LogP) is 19.0. The van der Waals surface area contributed by atoms with Crippen LogP contribution in [0.3, 0.4) is 0 Å². The van der Waals surface area contributed by atoms with Crippen LogP contribution in [0, 0.1) is 0 Å². The van der Waals surface area contributed by atoms with Crippen molar-refractivity contribution in [2.24, 2.45) is 0 Å². The van der Waals surface area contributed by atoms with E-state index in [-0.39, 0.29) is 0 Å². The van der Waals surface area contributed by atoms with Gasteiger partial charge in [-0.05, 0) is 126 Å². The summed E-state index contributed by atoms with van der Waals surface area (Å²) in [6.07, 6.45) is 0. The summed E-state index contributed by atoms with van der Waals surface area (Å²) in [5.41, 5.74) is 21.1. The van der Waals surface area contributed by atoms with Gasteiger partial charge in [-0.1, -0.05) is 158 Å². The van der Waals surface area contributed by atoms with Crippen molar-refractivity contribution in [3.05, 3.63) is 267 Å². The maximum absolute atomic E-state index is 5.56. The molecule has 5 aromatic heterocycles. The number of aromatic nitrogens is 6. The number of nitrogens with zero attached hydrogens (tertiary/aromatic N) is 6. The smallest absolute Gasteiger partial charge is 0.160 e. The van der Waals surface area contributed by atoms with E-state index in [1.807, 2.05) is 0 Å². The minimum absolute atomic E-state index is 0.693. The summed E-state index contributed by atoms with van der Waals surface area (Å²) in [5.74, 6) is 0.693. The highest BCUT2D eigenvalue weighted by Gasteiger charge is 2.29. The Balaban J connectivity index is 0.755. The Kier molecular flexibility index (Phi) is 8.85. The van der Waals surface area contributed by atoms with Gasteiger partial charge in [0.1, 0.15) is 0 Å². The SMILES string of the molecule is c1cc2c3c(cccc3c1)-c1c(-c3ccc(-n4c5ccccc5c5cc(-n6c7ccccc7c7ccccc76)ccc54)cc3)nc(-c3ccc(-n4c5ccccc5c5cc(-n6c7ccccc7c7ccccc76)ccc54)cc3)nc1-2. The van der Waals surface area contributed by atoms with Crippen molar-refractivity contribution in [3.8, 4) is 67.8 Å². The molecule has 80 heavy (non-hydrogen) atoms. The number of para-hydroxylation sites is 6. The van der Waals surface area contributed by atoms with Crippen molar-refractivity contribution in [1.82, 2.24) is 28.2 Å². The van der Waals surface area contributed by atoms with Crippen LogP contribution < -0.4 is 0 Å². The Hall–Kier alpha value is -10.8. The highest BCUT2D eigenvalue weighted by molar-refractivity contribution is 6.18. The molecule has 0 aliphatic heterocycles. The molecule has 0 unspecified atom stereocenters. The molecule has 12 aromatic carbocycles. The second kappa shape index (κ2) is 16.4. The summed E-state index contributed by atoms with van der Waals surface area (Å²) < 4.78 is 9.60. The van der Waals surface area contributed by atoms with Gasteiger partial charge in [-0.3, -0.25) is 0 Å². The molecule has 0 bridgehead atoms. The molecule has 370 valence electrons. The van der Waals surface area contributed by atoms with E-state index in [9.17, 15) is 0 Å². The minimum atomic E-state index is 0.693. The van der Waals surface area contributed by atoms with Crippen LogP contribution in [0.4, 0.5) is 0 Å². The van der Waals surface area contributed by atoms with E-state index in [0.717, 1.165) is 78.5 Å². The summed E-state index contributed by atoms with van der Waals surface area (Å²) in [4.78, 5) is 11.0. The molecular weight excluding hydrogens is 973 g/mol. The Bertz CT molecular complexity index is 5360. The van der Waals surface area contributed by atoms with Crippen LogP contribution in [0.15, 0.2) is 267 Å². The average molecular weight is 1020 g/mol. The highest BCUT2D eigenvalue weighted by atomic mass is 15.0. The normalized spacial score (nSPS) is 12.2. The fourth-order valence-corrected chi connectivity index (χ4v) is 13.7. The molecule has 6 nitrogen and oxygen atoms in total. The first kappa shape index (κ1) is 43.3. The maximum atomic E-state index is 5.56. The van der Waals surface area contributed by atoms with Crippen LogP contribution in [-0.2, 0) is 0 Å². The number of hydrogen-bond donors (Lipinski definition) is 0. The van der Waals surface area contributed by atoms with Gasteiger partial charge in [0.2, 0.25) is 0 Å². The highest BCUT2D eigenvalue weighted by Crippen LogP contribution is 2.51. The summed E-state index contributed by atoms with van der Waals surface area (Å²) in [6, 6.07) is 97.2. The molecule has 5 heterocycles. The second-order valence-electron chi connectivity index (χ2n) is 21.3. The Morgan fingerprint density at radius 2 is 0.575 bits per heavy atom. The van der Waals surface area contributed by atoms with Crippen LogP contribution in [0.2, 0.25) is 0 Å². The first-order valence-corrected chi connectivity index (χ1v) is 27.4. The lowest BCUT2D eigenvalue weighted by Gasteiger charge is -2.14. The van der Waals surface area contributed by atoms with Crippen LogP contribution in [0.25, 0.3) is 166 Å². The van der Waals surface area contributed by atoms with Crippen molar-refractivity contribution in [2.75, 3.05) is 0 Å². The predicted molar refractivity (Wildman–Crippen MR) is 332 cm³/mol. The quantitative estimate of drug-likeness (QED) is 0.167. The molecule has 0 N–H and O–H groups in total. The molecule has 1 aliphatic rings. The first-order valence-electron chi connectivity index (χ1n) is 27.4. The molecular formula is C74H44N6. The summed E-state index contributed by atoms with van der Waals surface area (Å²) >= 11 is 0. The molecule has 1 aliphatic carbocycles. The second-order valence-corrected chi connectivity index (χ2v) is 21.3. The van der Waals surface area contributed by atoms with E-state index in [2.05, 4.69) is 285 Å². The third-order valence-electron chi connectivity index (χ3n) is 17.1. The average Bonchev–Trinajstić information content (AvgIpc) is 4.46. The molecule has 0 amide bonds. The van der Waals surface area contributed by atoms with Gasteiger partial charge in [0.25, 0.3) is 0 Å². The van der Waals surface area contributed by atoms with E-state index >= 15 is 0 Å². The van der Waals surface area contributed by atoms with E-state index in [4.69, 9.17) is 9.97 Å². The topological polar surface area (TPSA) is 45.5 Å². The molecule has 0 spiro atoms. The molecule has 18 rings (SSSR count). The standard InChI is InChI=1S/C74H44N6/c1-7-25-62-52(17-1)53-18-2-8-26-63(53)79(62)50-39-41-68-60(43-50)56-21-5-11-29-66(56)77(68)48-35-31-46(32-36-48)72-71-58-23-13-15-45-16-14-24-59(70(45)58)73(71)76-74(75-72)47-33-37-49(38-34-47)78-67-30-12-6-22-57(67)61-44-51(40-42-69(61)78)80-64-27-9-3-19-54(64)55-20-4-10-28-65(55)80/h1-44H. The van der Waals surface area contributed by atoms with Gasteiger partial charge in [0, 0.05) is 88.1 Å². The van der Waals surface area contributed by atoms with Crippen molar-refractivity contribution >= 4 is 98.0 Å². The van der Waals surface area contributed by atoms with Crippen molar-refractivity contribution in [3.63, 3.8) is 0 Å². The van der Waals surface area contributed by atoms with E-state index < -0.39 is 0 Å². The van der Waals surface area contributed by atoms with Gasteiger partial charge in [-0.25, -0.2) is 9.97 Å². The van der Waals surface area contributed by atoms with E-state index in [1.165, 1.54) is 81.5 Å². The third-order valence-corrected chi connectivity index (χ3v) is 17.1. The van der Waals surface area contributed by atoms with Crippen LogP contribution in [0.5, 0.6) is 0 Å². The lowest BCUT2D eigenvalue weighted by atomic mass is 9.99. The van der Waals surface area contributed by atoms with E-state index in [0.29, 0.717) is 5.82 Å². The lowest BCUT2D eigenvalue weighted by Crippen LogP contribution is -1.99. The first-order chi connectivity index (χ1) is 39.7. The molecule has 17 aromatic rings. The van der Waals surface area contributed by atoms with Gasteiger partial charge in [0.05, 0.1) is 55.5 Å². The fraction of sp³-hybridized carbons (Fsp3) is 0. The van der Waals surface area contributed by atoms with Crippen molar-refractivity contribution in [1.29, 1.82) is 0 Å². The third kappa shape index (κ3) is 6.01. The molecule has 0 fully saturated rings. The van der Waals surface area contributed by atoms with Crippen LogP contribution in [0.1, 0.15) is 0 Å². The minimum Gasteiger partial charge on any atom is -0.309 e. The Morgan fingerprint density at radius 1 is 0.237 bits per heavy atom. The zero-order valence-electron chi connectivity index (χ0n) is 43.1. The van der Waals surface area contributed by atoms with Gasteiger partial charge >= 0.3 is 0 Å². The molecule has 0 saturated heterocycles. The van der Waals surface area contributed by atoms with Crippen molar-refractivity contribution < 1.29 is 0 Å². The Labute approximate surface area is 458 Å². The van der Waals surface area contributed by atoms with Crippen LogP contribution in [-0.4, -0.2) is 28.2 Å². The molecule has 0 atom stereocenters. The number of rotatable bonds is 6. The zero-order chi connectivity index (χ0) is 52.2. The fourth-order valence-electron chi connectivity index (χ4n) is 13.7. The monoisotopic (exact) mass is 1020 g/mol. The number of benzene rings is 12. The summed E-state index contributed by atoms with van der Waals surface area (Å²) in [5, 5.41) is 12.3. The van der Waals surface area contributed by atoms with Gasteiger partial charge in [-0.15, -0.1) is 0 Å². The Morgan fingerprint density at radius 3 is 1.01 bits per heavy atom. The van der Waals surface area contributed by atoms with Gasteiger partial charge < -0.3 is 18.3 Å². The lowest BCUT2D eigenvalue weighted by molar-refractivity contribution is 1.16. The van der Waals surface area contributed by atoms with E-state index in [1.54, 1.807) is 0 Å². The maximum Gasteiger partial charge on any atom is 0.160 e. The molecule has 0 radical (unpaired) electrons. The number of hydrogen-bond acceptors (Lipinski definition) is 2. The molecule has 6 heteroatoms. The van der Waals surface area contributed by atoms with Gasteiger partial charge in [0.15, 0.2) is 5.82 Å². The summed E-state index contributed by atoms with van der Waals surface area (Å²) in [7, 11) is 0. The van der Waals surface area contributed by atoms with Crippen LogP contribution >= 0.6 is 0 Å². The van der Waals surface area contributed by atoms with Gasteiger partial charge in [-0.2, -0.15) is 0 Å². The number of fused-ring (bicyclic) bond motifs is 15. The van der Waals surface area contributed by atoms with Crippen molar-refractivity contribution in [2.45, 2.75) is 0 Å². The summed E-state index contributed by atoms with van der Waals surface area (Å²) in [6.45, 7) is 0.